The molecule has 5 nitrogen and oxygen atoms in total. The van der Waals surface area contributed by atoms with E-state index in [9.17, 15) is 0 Å². The predicted octanol–water partition coefficient (Wildman–Crippen LogP) is 2.82. The molecule has 0 amide bonds. The van der Waals surface area contributed by atoms with Crippen molar-refractivity contribution in [1.29, 1.82) is 0 Å². The molecule has 0 aliphatic heterocycles. The Morgan fingerprint density at radius 1 is 1.42 bits per heavy atom. The first kappa shape index (κ1) is 16.6. The summed E-state index contributed by atoms with van der Waals surface area (Å²) >= 11 is 3.49. The van der Waals surface area contributed by atoms with Gasteiger partial charge in [0.25, 0.3) is 0 Å². The maximum Gasteiger partial charge on any atom is 0.153 e. The second-order valence-corrected chi connectivity index (χ2v) is 5.63. The van der Waals surface area contributed by atoms with Gasteiger partial charge in [0.1, 0.15) is 0 Å². The standard InChI is InChI=1S/C13H25BrN4O/c1-6-9-15-11(13(4,7-2)19-8-3)10-12(14)16-17-18(10)5/h11,15H,6-9H2,1-5H3. The maximum atomic E-state index is 6.02. The van der Waals surface area contributed by atoms with E-state index in [4.69, 9.17) is 4.74 Å². The van der Waals surface area contributed by atoms with Gasteiger partial charge in [-0.2, -0.15) is 0 Å². The smallest absolute Gasteiger partial charge is 0.153 e. The van der Waals surface area contributed by atoms with Crippen LogP contribution in [0.25, 0.3) is 0 Å². The SMILES string of the molecule is CCCNC(c1c(Br)nnn1C)C(C)(CC)OCC. The van der Waals surface area contributed by atoms with Crippen LogP contribution in [0.4, 0.5) is 0 Å². The van der Waals surface area contributed by atoms with Gasteiger partial charge in [-0.05, 0) is 49.2 Å². The Kier molecular flexibility index (Phi) is 6.42. The van der Waals surface area contributed by atoms with Crippen LogP contribution < -0.4 is 5.32 Å². The number of hydrogen-bond donors (Lipinski definition) is 1. The van der Waals surface area contributed by atoms with Crippen LogP contribution in [-0.4, -0.2) is 33.7 Å². The van der Waals surface area contributed by atoms with E-state index in [0.717, 1.165) is 29.7 Å². The third kappa shape index (κ3) is 3.77. The summed E-state index contributed by atoms with van der Waals surface area (Å²) in [5.41, 5.74) is 0.758. The van der Waals surface area contributed by atoms with Crippen molar-refractivity contribution in [1.82, 2.24) is 20.3 Å². The van der Waals surface area contributed by atoms with E-state index < -0.39 is 0 Å². The highest BCUT2D eigenvalue weighted by molar-refractivity contribution is 9.10. The van der Waals surface area contributed by atoms with Gasteiger partial charge >= 0.3 is 0 Å². The molecule has 1 aromatic heterocycles. The highest BCUT2D eigenvalue weighted by Gasteiger charge is 2.37. The largest absolute Gasteiger partial charge is 0.374 e. The summed E-state index contributed by atoms with van der Waals surface area (Å²) in [6.07, 6.45) is 1.99. The molecule has 0 saturated heterocycles. The summed E-state index contributed by atoms with van der Waals surface area (Å²) < 4.78 is 8.61. The molecule has 0 aliphatic carbocycles. The number of rotatable bonds is 8. The van der Waals surface area contributed by atoms with Gasteiger partial charge in [-0.3, -0.25) is 0 Å². The summed E-state index contributed by atoms with van der Waals surface area (Å²) in [6.45, 7) is 10.1. The minimum absolute atomic E-state index is 0.0618. The fourth-order valence-corrected chi connectivity index (χ4v) is 2.81. The molecule has 2 atom stereocenters. The van der Waals surface area contributed by atoms with E-state index in [2.05, 4.69) is 52.3 Å². The summed E-state index contributed by atoms with van der Waals surface area (Å²) in [6, 6.07) is 0.0618. The molecular weight excluding hydrogens is 308 g/mol. The highest BCUT2D eigenvalue weighted by Crippen LogP contribution is 2.34. The molecule has 1 N–H and O–H groups in total. The van der Waals surface area contributed by atoms with Crippen molar-refractivity contribution in [2.24, 2.45) is 7.05 Å². The fourth-order valence-electron chi connectivity index (χ4n) is 2.25. The lowest BCUT2D eigenvalue weighted by Gasteiger charge is -2.37. The zero-order valence-electron chi connectivity index (χ0n) is 12.5. The van der Waals surface area contributed by atoms with Crippen molar-refractivity contribution >= 4 is 15.9 Å². The Hall–Kier alpha value is -0.460. The first-order valence-electron chi connectivity index (χ1n) is 6.92. The third-order valence-corrected chi connectivity index (χ3v) is 4.05. The predicted molar refractivity (Wildman–Crippen MR) is 80.1 cm³/mol. The minimum atomic E-state index is -0.276. The Labute approximate surface area is 124 Å². The molecule has 1 aromatic rings. The van der Waals surface area contributed by atoms with Crippen LogP contribution in [0, 0.1) is 0 Å². The molecule has 0 aliphatic rings. The number of nitrogens with zero attached hydrogens (tertiary/aromatic N) is 3. The molecule has 0 aromatic carbocycles. The van der Waals surface area contributed by atoms with Gasteiger partial charge in [0.15, 0.2) is 4.60 Å². The van der Waals surface area contributed by atoms with Gasteiger partial charge in [-0.1, -0.05) is 19.1 Å². The van der Waals surface area contributed by atoms with E-state index >= 15 is 0 Å². The molecule has 19 heavy (non-hydrogen) atoms. The first-order chi connectivity index (χ1) is 9.00. The first-order valence-corrected chi connectivity index (χ1v) is 7.71. The van der Waals surface area contributed by atoms with Crippen molar-refractivity contribution in [3.8, 4) is 0 Å². The van der Waals surface area contributed by atoms with Crippen LogP contribution in [0.3, 0.4) is 0 Å². The Morgan fingerprint density at radius 2 is 2.11 bits per heavy atom. The average Bonchev–Trinajstić information content (AvgIpc) is 2.71. The number of aromatic nitrogens is 3. The van der Waals surface area contributed by atoms with Gasteiger partial charge in [0.2, 0.25) is 0 Å². The molecule has 0 spiro atoms. The van der Waals surface area contributed by atoms with Crippen LogP contribution >= 0.6 is 15.9 Å². The number of aryl methyl sites for hydroxylation is 1. The number of nitrogens with one attached hydrogen (secondary N) is 1. The monoisotopic (exact) mass is 332 g/mol. The minimum Gasteiger partial charge on any atom is -0.374 e. The highest BCUT2D eigenvalue weighted by atomic mass is 79.9. The average molecular weight is 333 g/mol. The normalized spacial score (nSPS) is 16.3. The number of ether oxygens (including phenoxy) is 1. The van der Waals surface area contributed by atoms with E-state index in [1.807, 2.05) is 18.7 Å². The van der Waals surface area contributed by atoms with E-state index in [-0.39, 0.29) is 11.6 Å². The maximum absolute atomic E-state index is 6.02. The van der Waals surface area contributed by atoms with Gasteiger partial charge < -0.3 is 10.1 Å². The van der Waals surface area contributed by atoms with Crippen molar-refractivity contribution < 1.29 is 4.74 Å². The molecule has 110 valence electrons. The lowest BCUT2D eigenvalue weighted by molar-refractivity contribution is -0.0581. The zero-order valence-corrected chi connectivity index (χ0v) is 14.1. The summed E-state index contributed by atoms with van der Waals surface area (Å²) in [7, 11) is 1.91. The van der Waals surface area contributed by atoms with Gasteiger partial charge in [0.05, 0.1) is 17.3 Å². The van der Waals surface area contributed by atoms with Gasteiger partial charge in [0, 0.05) is 13.7 Å². The second-order valence-electron chi connectivity index (χ2n) is 4.88. The van der Waals surface area contributed by atoms with E-state index in [1.165, 1.54) is 0 Å². The van der Waals surface area contributed by atoms with Crippen molar-refractivity contribution in [3.05, 3.63) is 10.3 Å². The quantitative estimate of drug-likeness (QED) is 0.795. The lowest BCUT2D eigenvalue weighted by Crippen LogP contribution is -2.45. The summed E-state index contributed by atoms with van der Waals surface area (Å²) in [5, 5.41) is 11.7. The van der Waals surface area contributed by atoms with Crippen LogP contribution in [-0.2, 0) is 11.8 Å². The zero-order chi connectivity index (χ0) is 14.5. The van der Waals surface area contributed by atoms with Crippen LogP contribution in [0.2, 0.25) is 0 Å². The van der Waals surface area contributed by atoms with Crippen molar-refractivity contribution in [2.45, 2.75) is 52.2 Å². The summed E-state index contributed by atoms with van der Waals surface area (Å²) in [4.78, 5) is 0. The molecular formula is C13H25BrN4O. The molecule has 6 heteroatoms. The van der Waals surface area contributed by atoms with Crippen LogP contribution in [0.15, 0.2) is 4.60 Å². The lowest BCUT2D eigenvalue weighted by atomic mass is 9.90. The molecule has 1 rings (SSSR count). The fraction of sp³-hybridized carbons (Fsp3) is 0.846. The second kappa shape index (κ2) is 7.36. The number of hydrogen-bond acceptors (Lipinski definition) is 4. The van der Waals surface area contributed by atoms with E-state index in [0.29, 0.717) is 6.61 Å². The van der Waals surface area contributed by atoms with Crippen LogP contribution in [0.1, 0.15) is 52.3 Å². The third-order valence-electron chi connectivity index (χ3n) is 3.49. The molecule has 0 saturated carbocycles. The van der Waals surface area contributed by atoms with Gasteiger partial charge in [-0.15, -0.1) is 5.10 Å². The molecule has 2 unspecified atom stereocenters. The van der Waals surface area contributed by atoms with Crippen molar-refractivity contribution in [3.63, 3.8) is 0 Å². The molecule has 0 bridgehead atoms. The Balaban J connectivity index is 3.13. The molecule has 1 heterocycles. The summed E-state index contributed by atoms with van der Waals surface area (Å²) in [5.74, 6) is 0. The Morgan fingerprint density at radius 3 is 2.53 bits per heavy atom. The van der Waals surface area contributed by atoms with E-state index in [1.54, 1.807) is 0 Å². The van der Waals surface area contributed by atoms with Crippen molar-refractivity contribution in [2.75, 3.05) is 13.2 Å². The number of halogens is 1. The van der Waals surface area contributed by atoms with Gasteiger partial charge in [-0.25, -0.2) is 4.68 Å². The van der Waals surface area contributed by atoms with Crippen LogP contribution in [0.5, 0.6) is 0 Å². The topological polar surface area (TPSA) is 52.0 Å². The molecule has 0 fully saturated rings. The Bertz CT molecular complexity index is 376. The molecule has 0 radical (unpaired) electrons.